The number of hydrogen-bond acceptors (Lipinski definition) is 1. The second kappa shape index (κ2) is 13.5. The summed E-state index contributed by atoms with van der Waals surface area (Å²) in [5.74, 6) is 0. The van der Waals surface area contributed by atoms with Gasteiger partial charge in [-0.15, -0.1) is 0 Å². The number of hydrogen-bond donors (Lipinski definition) is 0. The Balaban J connectivity index is 0.000000884. The average molecular weight is 417 g/mol. The van der Waals surface area contributed by atoms with Crippen LogP contribution in [-0.2, 0) is 13.0 Å². The fraction of sp³-hybridized carbons (Fsp3) is 0.414. The maximum absolute atomic E-state index is 9.02. The summed E-state index contributed by atoms with van der Waals surface area (Å²) in [5.41, 5.74) is 9.81. The Morgan fingerprint density at radius 3 is 1.77 bits per heavy atom. The molecule has 1 heterocycles. The van der Waals surface area contributed by atoms with Crippen molar-refractivity contribution in [1.29, 1.82) is 5.26 Å². The Kier molecular flexibility index (Phi) is 11.4. The number of nitriles is 1. The van der Waals surface area contributed by atoms with Gasteiger partial charge in [0.25, 0.3) is 0 Å². The maximum Gasteiger partial charge on any atom is 0.0991 e. The van der Waals surface area contributed by atoms with E-state index in [2.05, 4.69) is 88.6 Å². The van der Waals surface area contributed by atoms with Gasteiger partial charge < -0.3 is 4.57 Å². The topological polar surface area (TPSA) is 28.7 Å². The van der Waals surface area contributed by atoms with Gasteiger partial charge in [0.15, 0.2) is 0 Å². The molecule has 0 radical (unpaired) electrons. The molecule has 0 spiro atoms. The van der Waals surface area contributed by atoms with E-state index in [1.165, 1.54) is 52.0 Å². The summed E-state index contributed by atoms with van der Waals surface area (Å²) in [6.07, 6.45) is 3.58. The predicted molar refractivity (Wildman–Crippen MR) is 136 cm³/mol. The molecule has 0 atom stereocenters. The first-order valence-corrected chi connectivity index (χ1v) is 11.7. The molecule has 0 N–H and O–H groups in total. The van der Waals surface area contributed by atoms with Crippen molar-refractivity contribution >= 4 is 0 Å². The van der Waals surface area contributed by atoms with Crippen molar-refractivity contribution in [3.63, 3.8) is 0 Å². The van der Waals surface area contributed by atoms with Gasteiger partial charge in [-0.1, -0.05) is 83.9 Å². The van der Waals surface area contributed by atoms with Gasteiger partial charge in [0.2, 0.25) is 0 Å². The van der Waals surface area contributed by atoms with Crippen LogP contribution < -0.4 is 0 Å². The molecule has 0 amide bonds. The molecule has 0 aliphatic carbocycles. The minimum Gasteiger partial charge on any atom is -0.344 e. The Hall–Kier alpha value is -2.79. The normalized spacial score (nSPS) is 9.77. The quantitative estimate of drug-likeness (QED) is 0.410. The number of aromatic nitrogens is 1. The lowest BCUT2D eigenvalue weighted by Crippen LogP contribution is -2.04. The zero-order valence-electron chi connectivity index (χ0n) is 20.8. The first-order chi connectivity index (χ1) is 15.0. The highest BCUT2D eigenvalue weighted by molar-refractivity contribution is 5.72. The monoisotopic (exact) mass is 416 g/mol. The maximum atomic E-state index is 9.02. The first-order valence-electron chi connectivity index (χ1n) is 11.7. The van der Waals surface area contributed by atoms with Crippen LogP contribution in [0.3, 0.4) is 0 Å². The SMILES string of the molecule is CC.CCC.CCCc1ccc(Cn2c(C)c(C)c(-c3ccc(C#N)cc3)c2C)cc1. The van der Waals surface area contributed by atoms with Crippen LogP contribution in [0.1, 0.15) is 81.1 Å². The fourth-order valence-corrected chi connectivity index (χ4v) is 3.70. The summed E-state index contributed by atoms with van der Waals surface area (Å²) < 4.78 is 2.40. The van der Waals surface area contributed by atoms with Crippen LogP contribution in [-0.4, -0.2) is 4.57 Å². The fourth-order valence-electron chi connectivity index (χ4n) is 3.70. The molecule has 3 rings (SSSR count). The molecule has 0 saturated carbocycles. The summed E-state index contributed by atoms with van der Waals surface area (Å²) in [5, 5.41) is 9.02. The Morgan fingerprint density at radius 2 is 1.29 bits per heavy atom. The van der Waals surface area contributed by atoms with E-state index in [9.17, 15) is 0 Å². The van der Waals surface area contributed by atoms with Crippen molar-refractivity contribution in [3.05, 3.63) is 82.2 Å². The van der Waals surface area contributed by atoms with Gasteiger partial charge in [0, 0.05) is 23.5 Å². The van der Waals surface area contributed by atoms with E-state index in [-0.39, 0.29) is 0 Å². The molecule has 3 aromatic rings. The van der Waals surface area contributed by atoms with Crippen LogP contribution >= 0.6 is 0 Å². The number of aryl methyl sites for hydroxylation is 1. The zero-order valence-corrected chi connectivity index (χ0v) is 20.8. The Labute approximate surface area is 190 Å². The second-order valence-corrected chi connectivity index (χ2v) is 7.72. The van der Waals surface area contributed by atoms with Crippen molar-refractivity contribution in [2.45, 2.75) is 81.2 Å². The lowest BCUT2D eigenvalue weighted by atomic mass is 10.0. The highest BCUT2D eigenvalue weighted by Crippen LogP contribution is 2.32. The van der Waals surface area contributed by atoms with Crippen molar-refractivity contribution < 1.29 is 0 Å². The molecular weight excluding hydrogens is 376 g/mol. The molecule has 0 aliphatic rings. The molecule has 2 nitrogen and oxygen atoms in total. The average Bonchev–Trinajstić information content (AvgIpc) is 3.00. The lowest BCUT2D eigenvalue weighted by Gasteiger charge is -2.11. The van der Waals surface area contributed by atoms with Gasteiger partial charge in [0.05, 0.1) is 11.6 Å². The van der Waals surface area contributed by atoms with Crippen molar-refractivity contribution in [1.82, 2.24) is 4.57 Å². The molecule has 0 saturated heterocycles. The molecule has 2 heteroatoms. The summed E-state index contributed by atoms with van der Waals surface area (Å²) in [7, 11) is 0. The van der Waals surface area contributed by atoms with Crippen molar-refractivity contribution in [2.75, 3.05) is 0 Å². The summed E-state index contributed by atoms with van der Waals surface area (Å²) in [4.78, 5) is 0. The summed E-state index contributed by atoms with van der Waals surface area (Å²) in [6.45, 7) is 17.9. The van der Waals surface area contributed by atoms with Gasteiger partial charge in [0.1, 0.15) is 0 Å². The van der Waals surface area contributed by atoms with E-state index < -0.39 is 0 Å². The standard InChI is InChI=1S/C24H26N2.C3H8.C2H6/c1-5-6-20-7-9-22(10-8-20)16-26-18(3)17(2)24(19(26)4)23-13-11-21(15-25)12-14-23;1-3-2;1-2/h7-14H,5-6,16H2,1-4H3;3H2,1-2H3;1-2H3. The zero-order chi connectivity index (χ0) is 23.4. The van der Waals surface area contributed by atoms with Gasteiger partial charge in [-0.3, -0.25) is 0 Å². The van der Waals surface area contributed by atoms with Gasteiger partial charge >= 0.3 is 0 Å². The molecule has 0 bridgehead atoms. The third-order valence-electron chi connectivity index (χ3n) is 5.29. The van der Waals surface area contributed by atoms with Crippen molar-refractivity contribution in [3.8, 4) is 17.2 Å². The second-order valence-electron chi connectivity index (χ2n) is 7.72. The van der Waals surface area contributed by atoms with E-state index in [1.54, 1.807) is 0 Å². The molecule has 0 fully saturated rings. The molecule has 0 aliphatic heterocycles. The van der Waals surface area contributed by atoms with Gasteiger partial charge in [-0.25, -0.2) is 0 Å². The minimum atomic E-state index is 0.701. The molecule has 166 valence electrons. The number of nitrogens with zero attached hydrogens (tertiary/aromatic N) is 2. The third-order valence-corrected chi connectivity index (χ3v) is 5.29. The highest BCUT2D eigenvalue weighted by Gasteiger charge is 2.16. The largest absolute Gasteiger partial charge is 0.344 e. The smallest absolute Gasteiger partial charge is 0.0991 e. The van der Waals surface area contributed by atoms with Gasteiger partial charge in [-0.05, 0) is 61.6 Å². The molecule has 1 aromatic heterocycles. The van der Waals surface area contributed by atoms with Crippen LogP contribution in [0, 0.1) is 32.1 Å². The van der Waals surface area contributed by atoms with E-state index >= 15 is 0 Å². The van der Waals surface area contributed by atoms with E-state index in [0.29, 0.717) is 5.56 Å². The lowest BCUT2D eigenvalue weighted by molar-refractivity contribution is 0.747. The number of benzene rings is 2. The summed E-state index contributed by atoms with van der Waals surface area (Å²) >= 11 is 0. The Morgan fingerprint density at radius 1 is 0.774 bits per heavy atom. The van der Waals surface area contributed by atoms with E-state index in [4.69, 9.17) is 5.26 Å². The third kappa shape index (κ3) is 6.86. The van der Waals surface area contributed by atoms with Crippen LogP contribution in [0.2, 0.25) is 0 Å². The van der Waals surface area contributed by atoms with E-state index in [0.717, 1.165) is 13.0 Å². The van der Waals surface area contributed by atoms with Crippen molar-refractivity contribution in [2.24, 2.45) is 0 Å². The summed E-state index contributed by atoms with van der Waals surface area (Å²) in [6, 6.07) is 19.1. The van der Waals surface area contributed by atoms with Gasteiger partial charge in [-0.2, -0.15) is 5.26 Å². The molecule has 31 heavy (non-hydrogen) atoms. The highest BCUT2D eigenvalue weighted by atomic mass is 15.0. The molecule has 2 aromatic carbocycles. The first kappa shape index (κ1) is 26.2. The predicted octanol–water partition coefficient (Wildman–Crippen LogP) is 8.40. The molecule has 0 unspecified atom stereocenters. The van der Waals surface area contributed by atoms with Crippen LogP contribution in [0.5, 0.6) is 0 Å². The number of rotatable bonds is 5. The Bertz CT molecular complexity index is 952. The van der Waals surface area contributed by atoms with E-state index in [1.807, 2.05) is 26.0 Å². The molecular formula is C29H40N2. The minimum absolute atomic E-state index is 0.701. The van der Waals surface area contributed by atoms with Crippen LogP contribution in [0.4, 0.5) is 0 Å². The van der Waals surface area contributed by atoms with Crippen LogP contribution in [0.25, 0.3) is 11.1 Å². The van der Waals surface area contributed by atoms with Crippen LogP contribution in [0.15, 0.2) is 48.5 Å².